The molecule has 1 heterocycles. The third-order valence-corrected chi connectivity index (χ3v) is 4.18. The van der Waals surface area contributed by atoms with Gasteiger partial charge in [0.1, 0.15) is 6.33 Å². The number of methoxy groups -OCH3 is 1. The highest BCUT2D eigenvalue weighted by Crippen LogP contribution is 2.21. The summed E-state index contributed by atoms with van der Waals surface area (Å²) in [4.78, 5) is 12.1. The van der Waals surface area contributed by atoms with Crippen molar-refractivity contribution in [2.75, 3.05) is 13.7 Å². The number of nitrogens with one attached hydrogen (secondary N) is 1. The Balaban J connectivity index is 2.48. The summed E-state index contributed by atoms with van der Waals surface area (Å²) in [6.45, 7) is 7.54. The minimum absolute atomic E-state index is 0.0485. The van der Waals surface area contributed by atoms with E-state index >= 15 is 0 Å². The first-order valence-electron chi connectivity index (χ1n) is 7.42. The summed E-state index contributed by atoms with van der Waals surface area (Å²) < 4.78 is 7.00. The standard InChI is InChI=1S/C14H26N4O2S/c1-5-7-11(2)16-13(19)12(3)21-14-17-15-10-18(14)8-6-9-20-4/h10-12H,5-9H2,1-4H3,(H,16,19). The molecule has 0 aliphatic rings. The second kappa shape index (κ2) is 9.78. The average Bonchev–Trinajstić information content (AvgIpc) is 2.86. The Bertz CT molecular complexity index is 425. The molecule has 0 spiro atoms. The molecule has 0 radical (unpaired) electrons. The fourth-order valence-electron chi connectivity index (χ4n) is 1.95. The van der Waals surface area contributed by atoms with Crippen LogP contribution in [-0.2, 0) is 16.1 Å². The lowest BCUT2D eigenvalue weighted by atomic mass is 10.2. The second-order valence-corrected chi connectivity index (χ2v) is 6.42. The van der Waals surface area contributed by atoms with E-state index in [0.29, 0.717) is 6.61 Å². The molecule has 2 unspecified atom stereocenters. The molecule has 1 aromatic rings. The second-order valence-electron chi connectivity index (χ2n) is 5.11. The molecule has 120 valence electrons. The third-order valence-electron chi connectivity index (χ3n) is 3.09. The van der Waals surface area contributed by atoms with Gasteiger partial charge in [-0.25, -0.2) is 0 Å². The minimum Gasteiger partial charge on any atom is -0.385 e. The van der Waals surface area contributed by atoms with Crippen molar-refractivity contribution in [1.82, 2.24) is 20.1 Å². The van der Waals surface area contributed by atoms with Gasteiger partial charge in [0.25, 0.3) is 0 Å². The molecule has 0 bridgehead atoms. The number of amides is 1. The van der Waals surface area contributed by atoms with E-state index in [4.69, 9.17) is 4.74 Å². The summed E-state index contributed by atoms with van der Waals surface area (Å²) in [5.41, 5.74) is 0. The molecule has 2 atom stereocenters. The van der Waals surface area contributed by atoms with Crippen LogP contribution in [0.3, 0.4) is 0 Å². The molecular weight excluding hydrogens is 288 g/mol. The highest BCUT2D eigenvalue weighted by Gasteiger charge is 2.19. The summed E-state index contributed by atoms with van der Waals surface area (Å²) in [6, 6.07) is 0.213. The Morgan fingerprint density at radius 3 is 2.95 bits per heavy atom. The van der Waals surface area contributed by atoms with Crippen LogP contribution in [0, 0.1) is 0 Å². The molecule has 21 heavy (non-hydrogen) atoms. The lowest BCUT2D eigenvalue weighted by Gasteiger charge is -2.16. The first-order chi connectivity index (χ1) is 10.1. The summed E-state index contributed by atoms with van der Waals surface area (Å²) in [5, 5.41) is 11.6. The SMILES string of the molecule is CCCC(C)NC(=O)C(C)Sc1nncn1CCCOC. The first kappa shape index (κ1) is 18.0. The Morgan fingerprint density at radius 2 is 2.29 bits per heavy atom. The van der Waals surface area contributed by atoms with Gasteiger partial charge < -0.3 is 14.6 Å². The predicted octanol–water partition coefficient (Wildman–Crippen LogP) is 2.10. The van der Waals surface area contributed by atoms with Gasteiger partial charge in [0.2, 0.25) is 5.91 Å². The van der Waals surface area contributed by atoms with Crippen molar-refractivity contribution in [2.24, 2.45) is 0 Å². The van der Waals surface area contributed by atoms with Crippen molar-refractivity contribution in [3.05, 3.63) is 6.33 Å². The number of thioether (sulfide) groups is 1. The summed E-state index contributed by atoms with van der Waals surface area (Å²) >= 11 is 1.44. The van der Waals surface area contributed by atoms with Gasteiger partial charge in [0, 0.05) is 26.3 Å². The number of carbonyl (C=O) groups excluding carboxylic acids is 1. The average molecular weight is 314 g/mol. The topological polar surface area (TPSA) is 69.0 Å². The Morgan fingerprint density at radius 1 is 1.52 bits per heavy atom. The van der Waals surface area contributed by atoms with Crippen LogP contribution in [-0.4, -0.2) is 45.7 Å². The van der Waals surface area contributed by atoms with Crippen LogP contribution in [0.5, 0.6) is 0 Å². The van der Waals surface area contributed by atoms with Crippen LogP contribution in [0.1, 0.15) is 40.0 Å². The van der Waals surface area contributed by atoms with Gasteiger partial charge in [-0.15, -0.1) is 10.2 Å². The fraction of sp³-hybridized carbons (Fsp3) is 0.786. The molecule has 1 rings (SSSR count). The van der Waals surface area contributed by atoms with E-state index < -0.39 is 0 Å². The van der Waals surface area contributed by atoms with Gasteiger partial charge in [-0.05, 0) is 26.7 Å². The van der Waals surface area contributed by atoms with E-state index in [0.717, 1.165) is 31.0 Å². The predicted molar refractivity (Wildman–Crippen MR) is 84.3 cm³/mol. The molecule has 1 amide bonds. The zero-order valence-corrected chi connectivity index (χ0v) is 14.2. The van der Waals surface area contributed by atoms with Gasteiger partial charge in [-0.1, -0.05) is 25.1 Å². The van der Waals surface area contributed by atoms with Crippen molar-refractivity contribution in [3.63, 3.8) is 0 Å². The maximum Gasteiger partial charge on any atom is 0.233 e. The van der Waals surface area contributed by atoms with Crippen LogP contribution >= 0.6 is 11.8 Å². The van der Waals surface area contributed by atoms with E-state index in [1.165, 1.54) is 11.8 Å². The largest absolute Gasteiger partial charge is 0.385 e. The van der Waals surface area contributed by atoms with Gasteiger partial charge in [-0.2, -0.15) is 0 Å². The summed E-state index contributed by atoms with van der Waals surface area (Å²) in [6.07, 6.45) is 4.66. The summed E-state index contributed by atoms with van der Waals surface area (Å²) in [5.74, 6) is 0.0485. The van der Waals surface area contributed by atoms with Gasteiger partial charge in [0.15, 0.2) is 5.16 Å². The number of carbonyl (C=O) groups is 1. The zero-order chi connectivity index (χ0) is 15.7. The monoisotopic (exact) mass is 314 g/mol. The minimum atomic E-state index is -0.185. The number of hydrogen-bond donors (Lipinski definition) is 1. The number of hydrogen-bond acceptors (Lipinski definition) is 5. The van der Waals surface area contributed by atoms with Crippen molar-refractivity contribution in [2.45, 2.75) is 63.0 Å². The van der Waals surface area contributed by atoms with Crippen molar-refractivity contribution >= 4 is 17.7 Å². The number of aromatic nitrogens is 3. The molecule has 0 aliphatic heterocycles. The molecule has 0 aromatic carbocycles. The molecular formula is C14H26N4O2S. The normalized spacial score (nSPS) is 13.9. The lowest BCUT2D eigenvalue weighted by molar-refractivity contribution is -0.120. The molecule has 7 heteroatoms. The molecule has 0 saturated heterocycles. The van der Waals surface area contributed by atoms with E-state index in [2.05, 4.69) is 22.4 Å². The van der Waals surface area contributed by atoms with E-state index in [1.807, 2.05) is 18.4 Å². The zero-order valence-electron chi connectivity index (χ0n) is 13.3. The summed E-state index contributed by atoms with van der Waals surface area (Å²) in [7, 11) is 1.69. The molecule has 6 nitrogen and oxygen atoms in total. The molecule has 0 fully saturated rings. The van der Waals surface area contributed by atoms with Crippen molar-refractivity contribution in [1.29, 1.82) is 0 Å². The van der Waals surface area contributed by atoms with Crippen molar-refractivity contribution < 1.29 is 9.53 Å². The number of nitrogens with zero attached hydrogens (tertiary/aromatic N) is 3. The third kappa shape index (κ3) is 6.48. The van der Waals surface area contributed by atoms with Gasteiger partial charge >= 0.3 is 0 Å². The van der Waals surface area contributed by atoms with Crippen LogP contribution in [0.2, 0.25) is 0 Å². The number of rotatable bonds is 10. The molecule has 0 saturated carbocycles. The Kier molecular flexibility index (Phi) is 8.37. The highest BCUT2D eigenvalue weighted by molar-refractivity contribution is 8.00. The van der Waals surface area contributed by atoms with E-state index in [1.54, 1.807) is 13.4 Å². The quantitative estimate of drug-likeness (QED) is 0.529. The van der Waals surface area contributed by atoms with Crippen LogP contribution in [0.25, 0.3) is 0 Å². The number of aryl methyl sites for hydroxylation is 1. The molecule has 1 N–H and O–H groups in total. The highest BCUT2D eigenvalue weighted by atomic mass is 32.2. The van der Waals surface area contributed by atoms with Crippen molar-refractivity contribution in [3.8, 4) is 0 Å². The maximum atomic E-state index is 12.1. The van der Waals surface area contributed by atoms with Crippen LogP contribution in [0.15, 0.2) is 11.5 Å². The molecule has 0 aliphatic carbocycles. The molecule has 1 aromatic heterocycles. The smallest absolute Gasteiger partial charge is 0.233 e. The Hall–Kier alpha value is -1.08. The lowest BCUT2D eigenvalue weighted by Crippen LogP contribution is -2.37. The number of ether oxygens (including phenoxy) is 1. The maximum absolute atomic E-state index is 12.1. The van der Waals surface area contributed by atoms with Gasteiger partial charge in [-0.3, -0.25) is 4.79 Å². The fourth-order valence-corrected chi connectivity index (χ4v) is 2.80. The Labute approximate surface area is 131 Å². The van der Waals surface area contributed by atoms with Crippen LogP contribution in [0.4, 0.5) is 0 Å². The van der Waals surface area contributed by atoms with Gasteiger partial charge in [0.05, 0.1) is 5.25 Å². The van der Waals surface area contributed by atoms with Crippen LogP contribution < -0.4 is 5.32 Å². The van der Waals surface area contributed by atoms with E-state index in [-0.39, 0.29) is 17.2 Å². The van der Waals surface area contributed by atoms with E-state index in [9.17, 15) is 4.79 Å². The first-order valence-corrected chi connectivity index (χ1v) is 8.30.